The SMILES string of the molecule is CC1CCC(CN)CN1C(=O)c1cc(Br)cn1C(C)C. The smallest absolute Gasteiger partial charge is 0.270 e. The van der Waals surface area contributed by atoms with Gasteiger partial charge in [-0.15, -0.1) is 0 Å². The molecule has 4 nitrogen and oxygen atoms in total. The van der Waals surface area contributed by atoms with Gasteiger partial charge in [0.05, 0.1) is 0 Å². The predicted octanol–water partition coefficient (Wildman–Crippen LogP) is 3.03. The van der Waals surface area contributed by atoms with Crippen molar-refractivity contribution < 1.29 is 4.79 Å². The number of amides is 1. The second-order valence-corrected chi connectivity index (χ2v) is 6.95. The van der Waals surface area contributed by atoms with Crippen LogP contribution in [0.2, 0.25) is 0 Å². The average Bonchev–Trinajstić information content (AvgIpc) is 2.81. The summed E-state index contributed by atoms with van der Waals surface area (Å²) < 4.78 is 2.99. The molecule has 1 amide bonds. The van der Waals surface area contributed by atoms with E-state index in [1.807, 2.05) is 21.7 Å². The second kappa shape index (κ2) is 6.31. The standard InChI is InChI=1S/C15H24BrN3O/c1-10(2)18-9-13(16)6-14(18)15(20)19-8-12(7-17)5-4-11(19)3/h6,9-12H,4-5,7-8,17H2,1-3H3. The molecule has 0 aromatic carbocycles. The normalized spacial score (nSPS) is 23.4. The van der Waals surface area contributed by atoms with E-state index in [-0.39, 0.29) is 11.9 Å². The van der Waals surface area contributed by atoms with Gasteiger partial charge in [-0.2, -0.15) is 0 Å². The number of likely N-dealkylation sites (tertiary alicyclic amines) is 1. The number of halogens is 1. The first-order chi connectivity index (χ1) is 9.43. The molecule has 20 heavy (non-hydrogen) atoms. The van der Waals surface area contributed by atoms with Gasteiger partial charge in [-0.05, 0) is 68.1 Å². The Morgan fingerprint density at radius 3 is 2.80 bits per heavy atom. The van der Waals surface area contributed by atoms with Crippen molar-refractivity contribution in [1.29, 1.82) is 0 Å². The maximum atomic E-state index is 12.9. The summed E-state index contributed by atoms with van der Waals surface area (Å²) in [6, 6.07) is 2.48. The molecule has 1 aromatic rings. The molecule has 2 N–H and O–H groups in total. The summed E-state index contributed by atoms with van der Waals surface area (Å²) in [5.74, 6) is 0.552. The fraction of sp³-hybridized carbons (Fsp3) is 0.667. The van der Waals surface area contributed by atoms with Gasteiger partial charge in [0.15, 0.2) is 0 Å². The lowest BCUT2D eigenvalue weighted by molar-refractivity contribution is 0.0554. The lowest BCUT2D eigenvalue weighted by atomic mass is 9.93. The van der Waals surface area contributed by atoms with Crippen molar-refractivity contribution in [3.05, 3.63) is 22.4 Å². The first kappa shape index (κ1) is 15.6. The molecule has 2 heterocycles. The summed E-state index contributed by atoms with van der Waals surface area (Å²) in [5.41, 5.74) is 6.54. The number of carbonyl (C=O) groups excluding carboxylic acids is 1. The number of hydrogen-bond donors (Lipinski definition) is 1. The molecular weight excluding hydrogens is 318 g/mol. The number of carbonyl (C=O) groups is 1. The Kier molecular flexibility index (Phi) is 4.91. The Hall–Kier alpha value is -0.810. The van der Waals surface area contributed by atoms with Crippen molar-refractivity contribution >= 4 is 21.8 Å². The molecule has 2 atom stereocenters. The summed E-state index contributed by atoms with van der Waals surface area (Å²) in [4.78, 5) is 14.8. The molecular formula is C15H24BrN3O. The Labute approximate surface area is 129 Å². The lowest BCUT2D eigenvalue weighted by Gasteiger charge is -2.38. The second-order valence-electron chi connectivity index (χ2n) is 6.03. The Balaban J connectivity index is 2.25. The molecule has 0 aliphatic carbocycles. The monoisotopic (exact) mass is 341 g/mol. The van der Waals surface area contributed by atoms with Gasteiger partial charge >= 0.3 is 0 Å². The van der Waals surface area contributed by atoms with E-state index in [9.17, 15) is 4.79 Å². The third-order valence-electron chi connectivity index (χ3n) is 4.16. The Bertz CT molecular complexity index is 483. The number of piperidine rings is 1. The molecule has 2 unspecified atom stereocenters. The van der Waals surface area contributed by atoms with E-state index in [1.54, 1.807) is 0 Å². The zero-order valence-electron chi connectivity index (χ0n) is 12.5. The van der Waals surface area contributed by atoms with E-state index in [0.717, 1.165) is 29.6 Å². The van der Waals surface area contributed by atoms with Crippen LogP contribution in [0.4, 0.5) is 0 Å². The van der Waals surface area contributed by atoms with E-state index in [1.165, 1.54) is 0 Å². The number of rotatable bonds is 3. The van der Waals surface area contributed by atoms with Crippen LogP contribution >= 0.6 is 15.9 Å². The fourth-order valence-electron chi connectivity index (χ4n) is 2.85. The van der Waals surface area contributed by atoms with Gasteiger partial charge in [0.2, 0.25) is 0 Å². The number of nitrogens with zero attached hydrogens (tertiary/aromatic N) is 2. The summed E-state index contributed by atoms with van der Waals surface area (Å²) in [5, 5.41) is 0. The molecule has 1 aromatic heterocycles. The van der Waals surface area contributed by atoms with Crippen LogP contribution < -0.4 is 5.73 Å². The molecule has 1 saturated heterocycles. The fourth-order valence-corrected chi connectivity index (χ4v) is 3.29. The highest BCUT2D eigenvalue weighted by molar-refractivity contribution is 9.10. The molecule has 0 bridgehead atoms. The lowest BCUT2D eigenvalue weighted by Crippen LogP contribution is -2.47. The van der Waals surface area contributed by atoms with Crippen molar-refractivity contribution in [2.24, 2.45) is 11.7 Å². The maximum Gasteiger partial charge on any atom is 0.270 e. The first-order valence-electron chi connectivity index (χ1n) is 7.32. The maximum absolute atomic E-state index is 12.9. The summed E-state index contributed by atoms with van der Waals surface area (Å²) in [6.45, 7) is 7.74. The van der Waals surface area contributed by atoms with Gasteiger partial charge in [0.25, 0.3) is 5.91 Å². The van der Waals surface area contributed by atoms with Crippen LogP contribution in [0.25, 0.3) is 0 Å². The third kappa shape index (κ3) is 3.09. The van der Waals surface area contributed by atoms with E-state index < -0.39 is 0 Å². The first-order valence-corrected chi connectivity index (χ1v) is 8.11. The van der Waals surface area contributed by atoms with Gasteiger partial charge in [-0.1, -0.05) is 0 Å². The Morgan fingerprint density at radius 2 is 2.20 bits per heavy atom. The van der Waals surface area contributed by atoms with E-state index >= 15 is 0 Å². The minimum atomic E-state index is 0.120. The van der Waals surface area contributed by atoms with Crippen molar-refractivity contribution in [3.8, 4) is 0 Å². The highest BCUT2D eigenvalue weighted by Gasteiger charge is 2.30. The summed E-state index contributed by atoms with van der Waals surface area (Å²) >= 11 is 3.47. The zero-order chi connectivity index (χ0) is 14.9. The van der Waals surface area contributed by atoms with Crippen LogP contribution in [0, 0.1) is 5.92 Å². The molecule has 1 aliphatic rings. The number of aromatic nitrogens is 1. The van der Waals surface area contributed by atoms with Crippen molar-refractivity contribution in [3.63, 3.8) is 0 Å². The van der Waals surface area contributed by atoms with Gasteiger partial charge in [0, 0.05) is 29.3 Å². The minimum absolute atomic E-state index is 0.120. The quantitative estimate of drug-likeness (QED) is 0.918. The largest absolute Gasteiger partial charge is 0.340 e. The topological polar surface area (TPSA) is 51.3 Å². The van der Waals surface area contributed by atoms with Crippen LogP contribution in [-0.4, -0.2) is 34.5 Å². The molecule has 112 valence electrons. The summed E-state index contributed by atoms with van der Waals surface area (Å²) in [7, 11) is 0. The molecule has 0 saturated carbocycles. The van der Waals surface area contributed by atoms with E-state index in [2.05, 4.69) is 36.7 Å². The van der Waals surface area contributed by atoms with Gasteiger partial charge in [-0.3, -0.25) is 4.79 Å². The minimum Gasteiger partial charge on any atom is -0.340 e. The average molecular weight is 342 g/mol. The van der Waals surface area contributed by atoms with Crippen molar-refractivity contribution in [1.82, 2.24) is 9.47 Å². The van der Waals surface area contributed by atoms with Gasteiger partial charge in [-0.25, -0.2) is 0 Å². The van der Waals surface area contributed by atoms with Crippen LogP contribution in [0.5, 0.6) is 0 Å². The molecule has 1 fully saturated rings. The van der Waals surface area contributed by atoms with Crippen LogP contribution in [0.15, 0.2) is 16.7 Å². The van der Waals surface area contributed by atoms with Crippen LogP contribution in [0.1, 0.15) is 50.1 Å². The molecule has 2 rings (SSSR count). The van der Waals surface area contributed by atoms with E-state index in [4.69, 9.17) is 5.73 Å². The van der Waals surface area contributed by atoms with E-state index in [0.29, 0.717) is 18.5 Å². The molecule has 1 aliphatic heterocycles. The van der Waals surface area contributed by atoms with Gasteiger partial charge < -0.3 is 15.2 Å². The van der Waals surface area contributed by atoms with Crippen molar-refractivity contribution in [2.45, 2.75) is 45.7 Å². The third-order valence-corrected chi connectivity index (χ3v) is 4.60. The summed E-state index contributed by atoms with van der Waals surface area (Å²) in [6.07, 6.45) is 4.14. The number of hydrogen-bond acceptors (Lipinski definition) is 2. The van der Waals surface area contributed by atoms with Crippen LogP contribution in [0.3, 0.4) is 0 Å². The molecule has 0 spiro atoms. The van der Waals surface area contributed by atoms with Crippen LogP contribution in [-0.2, 0) is 0 Å². The van der Waals surface area contributed by atoms with Gasteiger partial charge in [0.1, 0.15) is 5.69 Å². The highest BCUT2D eigenvalue weighted by atomic mass is 79.9. The zero-order valence-corrected chi connectivity index (χ0v) is 14.1. The predicted molar refractivity (Wildman–Crippen MR) is 84.8 cm³/mol. The molecule has 5 heteroatoms. The Morgan fingerprint density at radius 1 is 1.50 bits per heavy atom. The number of nitrogens with two attached hydrogens (primary N) is 1. The van der Waals surface area contributed by atoms with Crippen molar-refractivity contribution in [2.75, 3.05) is 13.1 Å². The highest BCUT2D eigenvalue weighted by Crippen LogP contribution is 2.26. The molecule has 0 radical (unpaired) electrons.